The molecule has 3 heterocycles. The third-order valence-corrected chi connectivity index (χ3v) is 3.90. The zero-order valence-corrected chi connectivity index (χ0v) is 12.9. The highest BCUT2D eigenvalue weighted by Gasteiger charge is 2.31. The lowest BCUT2D eigenvalue weighted by molar-refractivity contribution is 0.0735. The van der Waals surface area contributed by atoms with Crippen molar-refractivity contribution in [2.75, 3.05) is 13.2 Å². The Balaban J connectivity index is 1.78. The van der Waals surface area contributed by atoms with E-state index in [9.17, 15) is 4.79 Å². The summed E-state index contributed by atoms with van der Waals surface area (Å²) in [4.78, 5) is 18.8. The first-order chi connectivity index (χ1) is 10.7. The molecule has 1 saturated heterocycles. The van der Waals surface area contributed by atoms with Crippen LogP contribution in [0, 0.1) is 0 Å². The minimum Gasteiger partial charge on any atom is -0.478 e. The number of amides is 1. The molecule has 116 valence electrons. The first kappa shape index (κ1) is 14.6. The molecule has 0 aliphatic carbocycles. The fourth-order valence-electron chi connectivity index (χ4n) is 2.87. The number of carbonyl (C=O) groups is 1. The van der Waals surface area contributed by atoms with Gasteiger partial charge in [-0.3, -0.25) is 9.48 Å². The van der Waals surface area contributed by atoms with E-state index >= 15 is 0 Å². The number of hydrogen-bond acceptors (Lipinski definition) is 4. The molecule has 2 aromatic heterocycles. The Kier molecular flexibility index (Phi) is 4.09. The van der Waals surface area contributed by atoms with Crippen molar-refractivity contribution in [1.29, 1.82) is 0 Å². The van der Waals surface area contributed by atoms with E-state index in [0.29, 0.717) is 18.1 Å². The van der Waals surface area contributed by atoms with Gasteiger partial charge in [0.15, 0.2) is 0 Å². The molecule has 0 N–H and O–H groups in total. The average Bonchev–Trinajstić information content (AvgIpc) is 3.16. The second kappa shape index (κ2) is 6.17. The summed E-state index contributed by atoms with van der Waals surface area (Å²) in [5.74, 6) is 0.561. The average molecular weight is 300 g/mol. The van der Waals surface area contributed by atoms with Crippen molar-refractivity contribution in [3.63, 3.8) is 0 Å². The van der Waals surface area contributed by atoms with Crippen molar-refractivity contribution in [1.82, 2.24) is 19.7 Å². The summed E-state index contributed by atoms with van der Waals surface area (Å²) in [6, 6.07) is 3.62. The van der Waals surface area contributed by atoms with Crippen LogP contribution in [-0.4, -0.2) is 38.7 Å². The third-order valence-electron chi connectivity index (χ3n) is 3.90. The summed E-state index contributed by atoms with van der Waals surface area (Å²) in [5, 5.41) is 4.21. The van der Waals surface area contributed by atoms with Gasteiger partial charge in [-0.05, 0) is 25.8 Å². The van der Waals surface area contributed by atoms with Crippen LogP contribution < -0.4 is 4.74 Å². The standard InChI is InChI=1S/C16H20N4O2/c1-3-22-15-7-6-12(9-17-15)16(21)20-8-4-5-14(20)13-10-18-19(2)11-13/h6-7,9-11,14H,3-5,8H2,1-2H3/t14-/m0/s1. The first-order valence-corrected chi connectivity index (χ1v) is 7.57. The van der Waals surface area contributed by atoms with E-state index in [-0.39, 0.29) is 11.9 Å². The second-order valence-corrected chi connectivity index (χ2v) is 5.42. The Hall–Kier alpha value is -2.37. The van der Waals surface area contributed by atoms with Crippen molar-refractivity contribution in [3.8, 4) is 5.88 Å². The highest BCUT2D eigenvalue weighted by Crippen LogP contribution is 2.32. The highest BCUT2D eigenvalue weighted by atomic mass is 16.5. The van der Waals surface area contributed by atoms with Crippen molar-refractivity contribution in [2.45, 2.75) is 25.8 Å². The SMILES string of the molecule is CCOc1ccc(C(=O)N2CCC[C@H]2c2cnn(C)c2)cn1. The lowest BCUT2D eigenvalue weighted by atomic mass is 10.1. The van der Waals surface area contributed by atoms with Crippen LogP contribution in [0.2, 0.25) is 0 Å². The molecular formula is C16H20N4O2. The van der Waals surface area contributed by atoms with Gasteiger partial charge in [0, 0.05) is 37.6 Å². The van der Waals surface area contributed by atoms with Crippen LogP contribution in [0.1, 0.15) is 41.7 Å². The van der Waals surface area contributed by atoms with E-state index in [1.165, 1.54) is 0 Å². The molecule has 1 aliphatic rings. The van der Waals surface area contributed by atoms with E-state index in [4.69, 9.17) is 4.74 Å². The maximum atomic E-state index is 12.7. The summed E-state index contributed by atoms with van der Waals surface area (Å²) in [6.07, 6.45) is 7.39. The van der Waals surface area contributed by atoms with Gasteiger partial charge in [0.1, 0.15) is 0 Å². The molecule has 1 atom stereocenters. The molecule has 6 heteroatoms. The van der Waals surface area contributed by atoms with Crippen molar-refractivity contribution >= 4 is 5.91 Å². The molecule has 6 nitrogen and oxygen atoms in total. The van der Waals surface area contributed by atoms with Gasteiger partial charge in [-0.15, -0.1) is 0 Å². The van der Waals surface area contributed by atoms with Gasteiger partial charge in [-0.2, -0.15) is 5.10 Å². The van der Waals surface area contributed by atoms with Gasteiger partial charge in [-0.1, -0.05) is 0 Å². The highest BCUT2D eigenvalue weighted by molar-refractivity contribution is 5.94. The van der Waals surface area contributed by atoms with Crippen LogP contribution in [-0.2, 0) is 7.05 Å². The molecule has 0 radical (unpaired) electrons. The Morgan fingerprint density at radius 2 is 2.27 bits per heavy atom. The summed E-state index contributed by atoms with van der Waals surface area (Å²) in [6.45, 7) is 3.24. The fraction of sp³-hybridized carbons (Fsp3) is 0.438. The quantitative estimate of drug-likeness (QED) is 0.868. The number of hydrogen-bond donors (Lipinski definition) is 0. The summed E-state index contributed by atoms with van der Waals surface area (Å²) in [5.41, 5.74) is 1.69. The molecule has 0 bridgehead atoms. The minimum atomic E-state index is 0.0156. The Bertz CT molecular complexity index is 650. The van der Waals surface area contributed by atoms with Crippen LogP contribution in [0.15, 0.2) is 30.7 Å². The van der Waals surface area contributed by atoms with Gasteiger partial charge >= 0.3 is 0 Å². The topological polar surface area (TPSA) is 60.2 Å². The molecule has 0 spiro atoms. The molecular weight excluding hydrogens is 280 g/mol. The summed E-state index contributed by atoms with van der Waals surface area (Å²) < 4.78 is 7.08. The van der Waals surface area contributed by atoms with E-state index < -0.39 is 0 Å². The molecule has 0 aromatic carbocycles. The molecule has 1 aliphatic heterocycles. The van der Waals surface area contributed by atoms with Gasteiger partial charge < -0.3 is 9.64 Å². The number of aryl methyl sites for hydroxylation is 1. The van der Waals surface area contributed by atoms with Gasteiger partial charge in [0.25, 0.3) is 5.91 Å². The lowest BCUT2D eigenvalue weighted by Gasteiger charge is -2.23. The Morgan fingerprint density at radius 1 is 1.41 bits per heavy atom. The van der Waals surface area contributed by atoms with Crippen LogP contribution in [0.3, 0.4) is 0 Å². The van der Waals surface area contributed by atoms with Gasteiger partial charge in [-0.25, -0.2) is 4.98 Å². The van der Waals surface area contributed by atoms with Crippen LogP contribution in [0.25, 0.3) is 0 Å². The molecule has 0 unspecified atom stereocenters. The number of pyridine rings is 1. The van der Waals surface area contributed by atoms with Crippen LogP contribution >= 0.6 is 0 Å². The minimum absolute atomic E-state index is 0.0156. The fourth-order valence-corrected chi connectivity index (χ4v) is 2.87. The number of nitrogens with zero attached hydrogens (tertiary/aromatic N) is 4. The van der Waals surface area contributed by atoms with Gasteiger partial charge in [0.2, 0.25) is 5.88 Å². The molecule has 1 fully saturated rings. The Morgan fingerprint density at radius 3 is 2.91 bits per heavy atom. The summed E-state index contributed by atoms with van der Waals surface area (Å²) >= 11 is 0. The number of aromatic nitrogens is 3. The van der Waals surface area contributed by atoms with E-state index in [1.807, 2.05) is 31.3 Å². The molecule has 22 heavy (non-hydrogen) atoms. The predicted molar refractivity (Wildman–Crippen MR) is 81.6 cm³/mol. The second-order valence-electron chi connectivity index (χ2n) is 5.42. The van der Waals surface area contributed by atoms with Crippen molar-refractivity contribution in [2.24, 2.45) is 7.05 Å². The van der Waals surface area contributed by atoms with E-state index in [1.54, 1.807) is 23.0 Å². The maximum Gasteiger partial charge on any atom is 0.255 e. The van der Waals surface area contributed by atoms with E-state index in [2.05, 4.69) is 10.1 Å². The third kappa shape index (κ3) is 2.81. The predicted octanol–water partition coefficient (Wildman–Crippen LogP) is 2.19. The maximum absolute atomic E-state index is 12.7. The monoisotopic (exact) mass is 300 g/mol. The van der Waals surface area contributed by atoms with Crippen molar-refractivity contribution < 1.29 is 9.53 Å². The van der Waals surface area contributed by atoms with Gasteiger partial charge in [0.05, 0.1) is 24.4 Å². The lowest BCUT2D eigenvalue weighted by Crippen LogP contribution is -2.30. The largest absolute Gasteiger partial charge is 0.478 e. The molecule has 1 amide bonds. The first-order valence-electron chi connectivity index (χ1n) is 7.57. The number of ether oxygens (including phenoxy) is 1. The normalized spacial score (nSPS) is 17.7. The van der Waals surface area contributed by atoms with Crippen LogP contribution in [0.4, 0.5) is 0 Å². The Labute approximate surface area is 129 Å². The zero-order chi connectivity index (χ0) is 15.5. The smallest absolute Gasteiger partial charge is 0.255 e. The number of carbonyl (C=O) groups excluding carboxylic acids is 1. The van der Waals surface area contributed by atoms with Crippen LogP contribution in [0.5, 0.6) is 5.88 Å². The summed E-state index contributed by atoms with van der Waals surface area (Å²) in [7, 11) is 1.89. The number of likely N-dealkylation sites (tertiary alicyclic amines) is 1. The number of rotatable bonds is 4. The molecule has 3 rings (SSSR count). The van der Waals surface area contributed by atoms with E-state index in [0.717, 1.165) is 24.9 Å². The molecule has 0 saturated carbocycles. The zero-order valence-electron chi connectivity index (χ0n) is 12.9. The van der Waals surface area contributed by atoms with Crippen molar-refractivity contribution in [3.05, 3.63) is 41.9 Å². The molecule has 2 aromatic rings.